The molecule has 0 radical (unpaired) electrons. The first-order chi connectivity index (χ1) is 9.52. The second kappa shape index (κ2) is 7.98. The zero-order valence-corrected chi connectivity index (χ0v) is 11.7. The van der Waals surface area contributed by atoms with Gasteiger partial charge < -0.3 is 16.0 Å². The normalized spacial score (nSPS) is 9.90. The number of non-ortho nitro benzene ring substituents is 1. The summed E-state index contributed by atoms with van der Waals surface area (Å²) in [4.78, 5) is 21.2. The molecular weight excluding hydrogens is 260 g/mol. The smallest absolute Gasteiger partial charge is 0.273 e. The van der Waals surface area contributed by atoms with Gasteiger partial charge in [0.05, 0.1) is 4.92 Å². The molecule has 0 heterocycles. The van der Waals surface area contributed by atoms with Gasteiger partial charge in [0.15, 0.2) is 0 Å². The summed E-state index contributed by atoms with van der Waals surface area (Å²) in [5.74, 6) is -0.101. The highest BCUT2D eigenvalue weighted by atomic mass is 16.6. The fourth-order valence-corrected chi connectivity index (χ4v) is 1.64. The van der Waals surface area contributed by atoms with E-state index >= 15 is 0 Å². The molecule has 0 unspecified atom stereocenters. The second-order valence-corrected chi connectivity index (χ2v) is 4.36. The zero-order valence-electron chi connectivity index (χ0n) is 11.7. The number of nitro groups is 1. The fourth-order valence-electron chi connectivity index (χ4n) is 1.64. The molecule has 20 heavy (non-hydrogen) atoms. The van der Waals surface area contributed by atoms with Crippen molar-refractivity contribution in [2.45, 2.75) is 20.3 Å². The van der Waals surface area contributed by atoms with Crippen molar-refractivity contribution in [3.05, 3.63) is 28.3 Å². The van der Waals surface area contributed by atoms with E-state index < -0.39 is 4.92 Å². The van der Waals surface area contributed by atoms with Gasteiger partial charge in [-0.05, 0) is 12.5 Å². The lowest BCUT2D eigenvalue weighted by Gasteiger charge is -2.10. The fraction of sp³-hybridized carbons (Fsp3) is 0.462. The van der Waals surface area contributed by atoms with Crippen LogP contribution in [0.15, 0.2) is 18.2 Å². The van der Waals surface area contributed by atoms with E-state index in [-0.39, 0.29) is 11.6 Å². The summed E-state index contributed by atoms with van der Waals surface area (Å²) in [7, 11) is 0. The lowest BCUT2D eigenvalue weighted by molar-refractivity contribution is -0.384. The van der Waals surface area contributed by atoms with E-state index in [2.05, 4.69) is 16.0 Å². The number of anilines is 2. The van der Waals surface area contributed by atoms with Gasteiger partial charge in [-0.15, -0.1) is 0 Å². The Morgan fingerprint density at radius 3 is 2.25 bits per heavy atom. The molecule has 0 saturated carbocycles. The number of nitro benzene ring substituents is 1. The Morgan fingerprint density at radius 2 is 1.75 bits per heavy atom. The van der Waals surface area contributed by atoms with Gasteiger partial charge in [0.1, 0.15) is 0 Å². The number of nitrogens with one attached hydrogen (secondary N) is 3. The highest BCUT2D eigenvalue weighted by Crippen LogP contribution is 2.24. The Kier molecular flexibility index (Phi) is 6.28. The summed E-state index contributed by atoms with van der Waals surface area (Å²) in [6, 6.07) is 4.80. The molecule has 3 N–H and O–H groups in total. The third kappa shape index (κ3) is 5.55. The summed E-state index contributed by atoms with van der Waals surface area (Å²) >= 11 is 0. The minimum absolute atomic E-state index is 0.0353. The zero-order chi connectivity index (χ0) is 15.0. The van der Waals surface area contributed by atoms with Crippen LogP contribution >= 0.6 is 0 Å². The molecule has 0 bridgehead atoms. The molecule has 110 valence electrons. The average molecular weight is 280 g/mol. The van der Waals surface area contributed by atoms with Crippen LogP contribution in [0.2, 0.25) is 0 Å². The van der Waals surface area contributed by atoms with E-state index in [1.54, 1.807) is 0 Å². The third-order valence-corrected chi connectivity index (χ3v) is 2.54. The van der Waals surface area contributed by atoms with Crippen molar-refractivity contribution in [1.29, 1.82) is 0 Å². The van der Waals surface area contributed by atoms with Crippen LogP contribution in [0.4, 0.5) is 17.1 Å². The lowest BCUT2D eigenvalue weighted by Crippen LogP contribution is -2.26. The van der Waals surface area contributed by atoms with E-state index in [9.17, 15) is 14.9 Å². The average Bonchev–Trinajstić information content (AvgIpc) is 2.41. The molecule has 0 aliphatic heterocycles. The van der Waals surface area contributed by atoms with Gasteiger partial charge in [0.25, 0.3) is 5.69 Å². The van der Waals surface area contributed by atoms with Crippen LogP contribution in [-0.4, -0.2) is 30.5 Å². The molecule has 7 heteroatoms. The summed E-state index contributed by atoms with van der Waals surface area (Å²) in [5.41, 5.74) is 1.40. The van der Waals surface area contributed by atoms with Crippen molar-refractivity contribution in [3.8, 4) is 0 Å². The van der Waals surface area contributed by atoms with Crippen molar-refractivity contribution in [3.63, 3.8) is 0 Å². The molecule has 1 amide bonds. The van der Waals surface area contributed by atoms with Crippen LogP contribution in [0.1, 0.15) is 20.3 Å². The highest BCUT2D eigenvalue weighted by molar-refractivity contribution is 5.72. The number of amides is 1. The molecule has 0 aromatic heterocycles. The van der Waals surface area contributed by atoms with Crippen molar-refractivity contribution >= 4 is 23.0 Å². The first-order valence-corrected chi connectivity index (χ1v) is 6.54. The number of hydrogen-bond acceptors (Lipinski definition) is 5. The summed E-state index contributed by atoms with van der Waals surface area (Å²) in [5, 5.41) is 19.7. The number of carbonyl (C=O) groups excluding carboxylic acids is 1. The van der Waals surface area contributed by atoms with Crippen molar-refractivity contribution in [1.82, 2.24) is 5.32 Å². The van der Waals surface area contributed by atoms with E-state index in [1.807, 2.05) is 13.0 Å². The molecule has 1 rings (SSSR count). The summed E-state index contributed by atoms with van der Waals surface area (Å²) in [6.07, 6.45) is 0.938. The minimum Gasteiger partial charge on any atom is -0.385 e. The number of hydrogen-bond donors (Lipinski definition) is 3. The summed E-state index contributed by atoms with van der Waals surface area (Å²) in [6.45, 7) is 5.20. The molecule has 1 aromatic carbocycles. The van der Waals surface area contributed by atoms with Gasteiger partial charge in [-0.1, -0.05) is 6.92 Å². The van der Waals surface area contributed by atoms with Crippen molar-refractivity contribution < 1.29 is 9.72 Å². The maximum Gasteiger partial charge on any atom is 0.273 e. The predicted octanol–water partition coefficient (Wildman–Crippen LogP) is 1.96. The van der Waals surface area contributed by atoms with Gasteiger partial charge in [-0.2, -0.15) is 0 Å². The molecule has 7 nitrogen and oxygen atoms in total. The van der Waals surface area contributed by atoms with E-state index in [0.717, 1.165) is 13.0 Å². The van der Waals surface area contributed by atoms with Crippen LogP contribution in [0.3, 0.4) is 0 Å². The molecule has 0 fully saturated rings. The van der Waals surface area contributed by atoms with Gasteiger partial charge in [0.2, 0.25) is 5.91 Å². The molecule has 0 aliphatic rings. The molecule has 0 spiro atoms. The first kappa shape index (κ1) is 15.7. The highest BCUT2D eigenvalue weighted by Gasteiger charge is 2.09. The Hall–Kier alpha value is -2.31. The molecular formula is C13H20N4O3. The van der Waals surface area contributed by atoms with Crippen molar-refractivity contribution in [2.75, 3.05) is 30.3 Å². The van der Waals surface area contributed by atoms with Gasteiger partial charge >= 0.3 is 0 Å². The van der Waals surface area contributed by atoms with Crippen LogP contribution in [0, 0.1) is 10.1 Å². The van der Waals surface area contributed by atoms with Gasteiger partial charge in [0, 0.05) is 50.1 Å². The van der Waals surface area contributed by atoms with E-state index in [1.165, 1.54) is 19.1 Å². The number of carbonyl (C=O) groups is 1. The van der Waals surface area contributed by atoms with E-state index in [4.69, 9.17) is 0 Å². The maximum absolute atomic E-state index is 10.9. The lowest BCUT2D eigenvalue weighted by atomic mass is 10.2. The summed E-state index contributed by atoms with van der Waals surface area (Å²) < 4.78 is 0. The molecule has 1 aromatic rings. The molecule has 0 aliphatic carbocycles. The molecule has 0 atom stereocenters. The SMILES string of the molecule is CCCNc1cc(NCCNC(C)=O)cc([N+](=O)[O-])c1. The first-order valence-electron chi connectivity index (χ1n) is 6.54. The topological polar surface area (TPSA) is 96.3 Å². The standard InChI is InChI=1S/C13H20N4O3/c1-3-4-15-11-7-12(9-13(8-11)17(19)20)16-6-5-14-10(2)18/h7-9,15-16H,3-6H2,1-2H3,(H,14,18). The van der Waals surface area contributed by atoms with Gasteiger partial charge in [-0.3, -0.25) is 14.9 Å². The van der Waals surface area contributed by atoms with Crippen molar-refractivity contribution in [2.24, 2.45) is 0 Å². The monoisotopic (exact) mass is 280 g/mol. The Morgan fingerprint density at radius 1 is 1.15 bits per heavy atom. The van der Waals surface area contributed by atoms with Crippen LogP contribution < -0.4 is 16.0 Å². The van der Waals surface area contributed by atoms with Gasteiger partial charge in [-0.25, -0.2) is 0 Å². The quantitative estimate of drug-likeness (QED) is 0.384. The Labute approximate surface area is 117 Å². The number of benzene rings is 1. The molecule has 0 saturated heterocycles. The Bertz CT molecular complexity index is 477. The largest absolute Gasteiger partial charge is 0.385 e. The third-order valence-electron chi connectivity index (χ3n) is 2.54. The van der Waals surface area contributed by atoms with Crippen LogP contribution in [-0.2, 0) is 4.79 Å². The predicted molar refractivity (Wildman–Crippen MR) is 79.1 cm³/mol. The van der Waals surface area contributed by atoms with E-state index in [0.29, 0.717) is 24.5 Å². The Balaban J connectivity index is 2.70. The van der Waals surface area contributed by atoms with Crippen LogP contribution in [0.5, 0.6) is 0 Å². The second-order valence-electron chi connectivity index (χ2n) is 4.36. The van der Waals surface area contributed by atoms with Crippen LogP contribution in [0.25, 0.3) is 0 Å². The number of nitrogens with zero attached hydrogens (tertiary/aromatic N) is 1. The maximum atomic E-state index is 10.9. The number of rotatable bonds is 8. The minimum atomic E-state index is -0.421.